The third-order valence-corrected chi connectivity index (χ3v) is 4.10. The van der Waals surface area contributed by atoms with E-state index in [1.54, 1.807) is 22.1 Å². The maximum absolute atomic E-state index is 11.5. The molecule has 32 heavy (non-hydrogen) atoms. The van der Waals surface area contributed by atoms with E-state index in [4.69, 9.17) is 0 Å². The van der Waals surface area contributed by atoms with Crippen LogP contribution in [-0.4, -0.2) is 32.7 Å². The van der Waals surface area contributed by atoms with Crippen LogP contribution in [0.25, 0.3) is 0 Å². The van der Waals surface area contributed by atoms with Crippen LogP contribution in [0.2, 0.25) is 0 Å². The Labute approximate surface area is 189 Å². The Morgan fingerprint density at radius 3 is 2.62 bits per heavy atom. The molecule has 0 spiro atoms. The van der Waals surface area contributed by atoms with E-state index in [-0.39, 0.29) is 5.91 Å². The fourth-order valence-electron chi connectivity index (χ4n) is 2.76. The van der Waals surface area contributed by atoms with Gasteiger partial charge in [-0.05, 0) is 30.7 Å². The first kappa shape index (κ1) is 24.3. The first-order chi connectivity index (χ1) is 15.4. The van der Waals surface area contributed by atoms with Gasteiger partial charge in [0.05, 0.1) is 24.6 Å². The Kier molecular flexibility index (Phi) is 9.16. The minimum atomic E-state index is -0.252. The quantitative estimate of drug-likeness (QED) is 0.620. The van der Waals surface area contributed by atoms with Crippen LogP contribution in [0.1, 0.15) is 32.8 Å². The van der Waals surface area contributed by atoms with E-state index in [0.717, 1.165) is 16.8 Å². The van der Waals surface area contributed by atoms with E-state index in [9.17, 15) is 4.79 Å². The summed E-state index contributed by atoms with van der Waals surface area (Å²) in [5, 5.41) is 16.3. The summed E-state index contributed by atoms with van der Waals surface area (Å²) < 4.78 is 1.70. The normalized spacial score (nSPS) is 14.8. The fraction of sp³-hybridized carbons (Fsp3) is 0.250. The van der Waals surface area contributed by atoms with Gasteiger partial charge < -0.3 is 10.6 Å². The summed E-state index contributed by atoms with van der Waals surface area (Å²) in [4.78, 5) is 16.1. The van der Waals surface area contributed by atoms with Crippen LogP contribution in [0.5, 0.6) is 0 Å². The smallest absolute Gasteiger partial charge is 0.247 e. The largest absolute Gasteiger partial charge is 0.338 e. The van der Waals surface area contributed by atoms with Crippen molar-refractivity contribution in [3.05, 3.63) is 78.9 Å². The molecular weight excluding hydrogens is 402 g/mol. The molecule has 0 saturated heterocycles. The van der Waals surface area contributed by atoms with Crippen LogP contribution in [0.15, 0.2) is 83.5 Å². The summed E-state index contributed by atoms with van der Waals surface area (Å²) >= 11 is 0. The standard InChI is InChI=1S/C21H23N7O.C3H8/c1-5-17-11-23-28(13-16-8-7-9-18(10-16)26-20(29)6-2)21(17)25-15(3)24-19-12-22-27(4)14-19;1-3-2/h5-12,14,24H,2-3,13H2,1,4H3,(H,26,29);3H2,1-2H3/b17-5-,25-21+;. The highest BCUT2D eigenvalue weighted by molar-refractivity contribution is 6.18. The predicted molar refractivity (Wildman–Crippen MR) is 132 cm³/mol. The number of carbonyl (C=O) groups excluding carboxylic acids is 1. The molecule has 0 aliphatic carbocycles. The number of hydrogen-bond donors (Lipinski definition) is 2. The number of hydrazone groups is 1. The van der Waals surface area contributed by atoms with Crippen LogP contribution in [0.4, 0.5) is 11.4 Å². The zero-order chi connectivity index (χ0) is 23.5. The summed E-state index contributed by atoms with van der Waals surface area (Å²) in [7, 11) is 1.84. The third-order valence-electron chi connectivity index (χ3n) is 4.10. The van der Waals surface area contributed by atoms with Gasteiger partial charge in [-0.2, -0.15) is 10.2 Å². The number of allylic oxidation sites excluding steroid dienone is 1. The molecule has 1 aliphatic rings. The minimum absolute atomic E-state index is 0.252. The number of nitrogens with zero attached hydrogens (tertiary/aromatic N) is 5. The van der Waals surface area contributed by atoms with Crippen molar-refractivity contribution in [1.29, 1.82) is 0 Å². The van der Waals surface area contributed by atoms with Crippen molar-refractivity contribution in [1.82, 2.24) is 14.8 Å². The zero-order valence-corrected chi connectivity index (χ0v) is 19.2. The van der Waals surface area contributed by atoms with Gasteiger partial charge in [-0.25, -0.2) is 10.0 Å². The second-order valence-corrected chi connectivity index (χ2v) is 7.06. The molecule has 1 aromatic heterocycles. The minimum Gasteiger partial charge on any atom is -0.338 e. The number of rotatable bonds is 7. The van der Waals surface area contributed by atoms with Crippen molar-refractivity contribution in [2.75, 3.05) is 10.6 Å². The van der Waals surface area contributed by atoms with E-state index in [0.29, 0.717) is 23.9 Å². The third kappa shape index (κ3) is 7.09. The van der Waals surface area contributed by atoms with E-state index in [1.165, 1.54) is 12.5 Å². The average Bonchev–Trinajstić information content (AvgIpc) is 3.34. The summed E-state index contributed by atoms with van der Waals surface area (Å²) in [6.45, 7) is 14.1. The molecule has 8 nitrogen and oxygen atoms in total. The highest BCUT2D eigenvalue weighted by Crippen LogP contribution is 2.19. The molecule has 8 heteroatoms. The molecule has 2 N–H and O–H groups in total. The molecular formula is C24H31N7O. The number of amidine groups is 1. The van der Waals surface area contributed by atoms with Crippen LogP contribution < -0.4 is 10.6 Å². The molecule has 2 aromatic rings. The Hall–Kier alpha value is -3.94. The number of nitrogens with one attached hydrogen (secondary N) is 2. The van der Waals surface area contributed by atoms with Crippen LogP contribution in [-0.2, 0) is 18.4 Å². The molecule has 0 bridgehead atoms. The lowest BCUT2D eigenvalue weighted by Gasteiger charge is -2.17. The number of benzene rings is 1. The van der Waals surface area contributed by atoms with Crippen molar-refractivity contribution in [3.63, 3.8) is 0 Å². The van der Waals surface area contributed by atoms with Gasteiger partial charge in [0.25, 0.3) is 0 Å². The Balaban J connectivity index is 0.00000114. The van der Waals surface area contributed by atoms with Gasteiger partial charge in [0.1, 0.15) is 5.82 Å². The van der Waals surface area contributed by atoms with Crippen LogP contribution in [0.3, 0.4) is 0 Å². The van der Waals surface area contributed by atoms with Gasteiger partial charge in [-0.15, -0.1) is 0 Å². The molecule has 0 fully saturated rings. The second-order valence-electron chi connectivity index (χ2n) is 7.06. The summed E-state index contributed by atoms with van der Waals surface area (Å²) in [6, 6.07) is 7.56. The Bertz CT molecular complexity index is 1050. The first-order valence-corrected chi connectivity index (χ1v) is 10.4. The lowest BCUT2D eigenvalue weighted by atomic mass is 10.2. The SMILES string of the molecule is C=CC(=O)Nc1cccc(CN2N=CC(=C/C)/C2=N\C(=C)Nc2cnn(C)c2)c1.CCC. The zero-order valence-electron chi connectivity index (χ0n) is 19.2. The topological polar surface area (TPSA) is 86.9 Å². The molecule has 168 valence electrons. The van der Waals surface area contributed by atoms with Crippen molar-refractivity contribution in [2.45, 2.75) is 33.7 Å². The van der Waals surface area contributed by atoms with Crippen molar-refractivity contribution in [3.8, 4) is 0 Å². The van der Waals surface area contributed by atoms with E-state index < -0.39 is 0 Å². The van der Waals surface area contributed by atoms with Gasteiger partial charge in [0, 0.05) is 24.5 Å². The van der Waals surface area contributed by atoms with Crippen molar-refractivity contribution < 1.29 is 4.79 Å². The first-order valence-electron chi connectivity index (χ1n) is 10.4. The van der Waals surface area contributed by atoms with Gasteiger partial charge in [0.2, 0.25) is 5.91 Å². The van der Waals surface area contributed by atoms with E-state index in [1.807, 2.05) is 50.5 Å². The second kappa shape index (κ2) is 12.0. The number of anilines is 2. The highest BCUT2D eigenvalue weighted by Gasteiger charge is 2.20. The molecule has 1 aliphatic heterocycles. The molecule has 3 rings (SSSR count). The highest BCUT2D eigenvalue weighted by atomic mass is 16.1. The molecule has 0 saturated carbocycles. The number of amides is 1. The van der Waals surface area contributed by atoms with Crippen LogP contribution in [0, 0.1) is 0 Å². The monoisotopic (exact) mass is 433 g/mol. The van der Waals surface area contributed by atoms with Gasteiger partial charge in [-0.1, -0.05) is 51.6 Å². The number of aliphatic imine (C=N–C) groups is 1. The molecule has 1 amide bonds. The van der Waals surface area contributed by atoms with Crippen LogP contribution >= 0.6 is 0 Å². The van der Waals surface area contributed by atoms with E-state index >= 15 is 0 Å². The average molecular weight is 434 g/mol. The molecule has 0 unspecified atom stereocenters. The molecule has 0 atom stereocenters. The van der Waals surface area contributed by atoms with Crippen molar-refractivity contribution in [2.24, 2.45) is 17.1 Å². The number of aromatic nitrogens is 2. The number of carbonyl (C=O) groups is 1. The van der Waals surface area contributed by atoms with Crippen molar-refractivity contribution >= 4 is 29.3 Å². The lowest BCUT2D eigenvalue weighted by molar-refractivity contribution is -0.111. The number of hydrogen-bond acceptors (Lipinski definition) is 5. The summed E-state index contributed by atoms with van der Waals surface area (Å²) in [6.07, 6.45) is 9.74. The van der Waals surface area contributed by atoms with Gasteiger partial charge >= 0.3 is 0 Å². The Morgan fingerprint density at radius 2 is 2.00 bits per heavy atom. The summed E-state index contributed by atoms with van der Waals surface area (Å²) in [5.74, 6) is 0.918. The summed E-state index contributed by atoms with van der Waals surface area (Å²) in [5.41, 5.74) is 3.37. The maximum atomic E-state index is 11.5. The Morgan fingerprint density at radius 1 is 1.25 bits per heavy atom. The predicted octanol–water partition coefficient (Wildman–Crippen LogP) is 4.69. The number of aryl methyl sites for hydroxylation is 1. The maximum Gasteiger partial charge on any atom is 0.247 e. The van der Waals surface area contributed by atoms with Gasteiger partial charge in [0.15, 0.2) is 5.84 Å². The molecule has 2 heterocycles. The fourth-order valence-corrected chi connectivity index (χ4v) is 2.76. The van der Waals surface area contributed by atoms with Gasteiger partial charge in [-0.3, -0.25) is 9.48 Å². The molecule has 0 radical (unpaired) electrons. The molecule has 1 aromatic carbocycles. The lowest BCUT2D eigenvalue weighted by Crippen LogP contribution is -2.23. The van der Waals surface area contributed by atoms with E-state index in [2.05, 4.69) is 52.8 Å².